The highest BCUT2D eigenvalue weighted by Gasteiger charge is 2.24. The first-order valence-corrected chi connectivity index (χ1v) is 5.99. The topological polar surface area (TPSA) is 68.2 Å². The highest BCUT2D eigenvalue weighted by atomic mass is 35.5. The van der Waals surface area contributed by atoms with E-state index in [4.69, 9.17) is 4.74 Å². The van der Waals surface area contributed by atoms with Crippen molar-refractivity contribution >= 4 is 24.1 Å². The second-order valence-electron chi connectivity index (χ2n) is 4.47. The molecule has 2 aliphatic heterocycles. The second kappa shape index (κ2) is 5.69. The highest BCUT2D eigenvalue weighted by Crippen LogP contribution is 2.16. The minimum absolute atomic E-state index is 0. The fourth-order valence-corrected chi connectivity index (χ4v) is 2.22. The molecule has 0 saturated carbocycles. The zero-order chi connectivity index (χ0) is 11.7. The summed E-state index contributed by atoms with van der Waals surface area (Å²) >= 11 is 0. The van der Waals surface area contributed by atoms with Gasteiger partial charge in [0, 0.05) is 25.8 Å². The van der Waals surface area contributed by atoms with Crippen LogP contribution in [0, 0.1) is 5.92 Å². The van der Waals surface area contributed by atoms with Gasteiger partial charge in [-0.1, -0.05) is 0 Å². The molecule has 2 aliphatic rings. The van der Waals surface area contributed by atoms with Crippen LogP contribution >= 0.6 is 12.4 Å². The SMILES string of the molecule is Cl.O=C(Nc1cc2n(n1)CCNC2)C1CCOC1. The number of anilines is 1. The summed E-state index contributed by atoms with van der Waals surface area (Å²) in [6.07, 6.45) is 0.807. The number of carbonyl (C=O) groups is 1. The smallest absolute Gasteiger partial charge is 0.231 e. The standard InChI is InChI=1S/C11H16N4O2.ClH/c16-11(8-1-4-17-7-8)13-10-5-9-6-12-2-3-15(9)14-10;/h5,8,12H,1-4,6-7H2,(H,13,14,16);1H. The number of fused-ring (bicyclic) bond motifs is 1. The van der Waals surface area contributed by atoms with Gasteiger partial charge < -0.3 is 15.4 Å². The van der Waals surface area contributed by atoms with Crippen LogP contribution in [0.3, 0.4) is 0 Å². The van der Waals surface area contributed by atoms with Crippen molar-refractivity contribution in [1.82, 2.24) is 15.1 Å². The maximum Gasteiger partial charge on any atom is 0.231 e. The molecule has 0 aromatic carbocycles. The molecule has 0 radical (unpaired) electrons. The molecule has 2 N–H and O–H groups in total. The average molecular weight is 273 g/mol. The number of halogens is 1. The van der Waals surface area contributed by atoms with E-state index >= 15 is 0 Å². The monoisotopic (exact) mass is 272 g/mol. The number of rotatable bonds is 2. The van der Waals surface area contributed by atoms with E-state index in [1.54, 1.807) is 0 Å². The van der Waals surface area contributed by atoms with E-state index in [0.29, 0.717) is 19.0 Å². The Hall–Kier alpha value is -1.11. The molecule has 1 fully saturated rings. The molecule has 1 unspecified atom stereocenters. The van der Waals surface area contributed by atoms with Gasteiger partial charge in [0.15, 0.2) is 5.82 Å². The largest absolute Gasteiger partial charge is 0.381 e. The first kappa shape index (κ1) is 13.3. The summed E-state index contributed by atoms with van der Waals surface area (Å²) in [6.45, 7) is 3.81. The zero-order valence-corrected chi connectivity index (χ0v) is 10.8. The van der Waals surface area contributed by atoms with Gasteiger partial charge in [0.05, 0.1) is 24.8 Å². The Morgan fingerprint density at radius 2 is 2.50 bits per heavy atom. The van der Waals surface area contributed by atoms with Crippen LogP contribution < -0.4 is 10.6 Å². The van der Waals surface area contributed by atoms with E-state index in [9.17, 15) is 4.79 Å². The number of hydrogen-bond donors (Lipinski definition) is 2. The molecule has 6 nitrogen and oxygen atoms in total. The Labute approximate surface area is 111 Å². The molecule has 1 aromatic rings. The van der Waals surface area contributed by atoms with Crippen LogP contribution in [-0.4, -0.2) is 35.4 Å². The summed E-state index contributed by atoms with van der Waals surface area (Å²) in [7, 11) is 0. The fraction of sp³-hybridized carbons (Fsp3) is 0.636. The van der Waals surface area contributed by atoms with Crippen molar-refractivity contribution in [2.24, 2.45) is 5.92 Å². The highest BCUT2D eigenvalue weighted by molar-refractivity contribution is 5.91. The maximum absolute atomic E-state index is 11.9. The molecular weight excluding hydrogens is 256 g/mol. The minimum atomic E-state index is -0.0214. The van der Waals surface area contributed by atoms with Gasteiger partial charge in [0.1, 0.15) is 0 Å². The number of nitrogens with zero attached hydrogens (tertiary/aromatic N) is 2. The van der Waals surface area contributed by atoms with Crippen molar-refractivity contribution in [3.05, 3.63) is 11.8 Å². The molecule has 0 aliphatic carbocycles. The molecule has 0 spiro atoms. The number of ether oxygens (including phenoxy) is 1. The van der Waals surface area contributed by atoms with Crippen LogP contribution in [0.4, 0.5) is 5.82 Å². The molecule has 18 heavy (non-hydrogen) atoms. The first-order chi connectivity index (χ1) is 8.33. The van der Waals surface area contributed by atoms with Gasteiger partial charge in [-0.3, -0.25) is 9.48 Å². The summed E-state index contributed by atoms with van der Waals surface area (Å²) in [5.74, 6) is 0.651. The quantitative estimate of drug-likeness (QED) is 0.817. The van der Waals surface area contributed by atoms with E-state index in [1.165, 1.54) is 0 Å². The van der Waals surface area contributed by atoms with Gasteiger partial charge in [-0.05, 0) is 6.42 Å². The van der Waals surface area contributed by atoms with E-state index in [1.807, 2.05) is 10.7 Å². The number of carbonyl (C=O) groups excluding carboxylic acids is 1. The molecule has 3 heterocycles. The lowest BCUT2D eigenvalue weighted by molar-refractivity contribution is -0.119. The number of hydrogen-bond acceptors (Lipinski definition) is 4. The fourth-order valence-electron chi connectivity index (χ4n) is 2.22. The van der Waals surface area contributed by atoms with Gasteiger partial charge in [-0.25, -0.2) is 0 Å². The second-order valence-corrected chi connectivity index (χ2v) is 4.47. The summed E-state index contributed by atoms with van der Waals surface area (Å²) in [5.41, 5.74) is 1.12. The lowest BCUT2D eigenvalue weighted by atomic mass is 10.1. The van der Waals surface area contributed by atoms with Crippen molar-refractivity contribution in [3.63, 3.8) is 0 Å². The third kappa shape index (κ3) is 2.66. The third-order valence-electron chi connectivity index (χ3n) is 3.22. The Bertz CT molecular complexity index is 405. The number of amides is 1. The summed E-state index contributed by atoms with van der Waals surface area (Å²) in [5, 5.41) is 10.5. The normalized spacial score (nSPS) is 22.1. The minimum Gasteiger partial charge on any atom is -0.381 e. The van der Waals surface area contributed by atoms with Crippen LogP contribution in [0.1, 0.15) is 12.1 Å². The van der Waals surface area contributed by atoms with E-state index in [0.717, 1.165) is 31.7 Å². The van der Waals surface area contributed by atoms with Crippen molar-refractivity contribution in [1.29, 1.82) is 0 Å². The maximum atomic E-state index is 11.9. The van der Waals surface area contributed by atoms with Crippen molar-refractivity contribution in [2.75, 3.05) is 25.1 Å². The summed E-state index contributed by atoms with van der Waals surface area (Å²) in [6, 6.07) is 1.93. The molecule has 1 amide bonds. The molecule has 3 rings (SSSR count). The van der Waals surface area contributed by atoms with Crippen molar-refractivity contribution in [3.8, 4) is 0 Å². The van der Waals surface area contributed by atoms with Crippen molar-refractivity contribution < 1.29 is 9.53 Å². The van der Waals surface area contributed by atoms with Gasteiger partial charge >= 0.3 is 0 Å². The molecule has 1 saturated heterocycles. The van der Waals surface area contributed by atoms with E-state index in [2.05, 4.69) is 15.7 Å². The lowest BCUT2D eigenvalue weighted by Crippen LogP contribution is -2.28. The Morgan fingerprint density at radius 1 is 1.61 bits per heavy atom. The summed E-state index contributed by atoms with van der Waals surface area (Å²) < 4.78 is 7.14. The van der Waals surface area contributed by atoms with Gasteiger partial charge in [0.25, 0.3) is 0 Å². The zero-order valence-electron chi connectivity index (χ0n) is 10.0. The lowest BCUT2D eigenvalue weighted by Gasteiger charge is -2.13. The van der Waals surface area contributed by atoms with Crippen molar-refractivity contribution in [2.45, 2.75) is 19.5 Å². The molecule has 7 heteroatoms. The average Bonchev–Trinajstić information content (AvgIpc) is 2.97. The van der Waals surface area contributed by atoms with E-state index < -0.39 is 0 Å². The van der Waals surface area contributed by atoms with Gasteiger partial charge in [-0.2, -0.15) is 5.10 Å². The summed E-state index contributed by atoms with van der Waals surface area (Å²) in [4.78, 5) is 11.9. The first-order valence-electron chi connectivity index (χ1n) is 5.99. The molecule has 100 valence electrons. The van der Waals surface area contributed by atoms with E-state index in [-0.39, 0.29) is 24.2 Å². The van der Waals surface area contributed by atoms with Crippen LogP contribution in [0.25, 0.3) is 0 Å². The Balaban J connectivity index is 0.00000120. The van der Waals surface area contributed by atoms with Crippen LogP contribution in [0.2, 0.25) is 0 Å². The van der Waals surface area contributed by atoms with Gasteiger partial charge in [-0.15, -0.1) is 12.4 Å². The molecule has 0 bridgehead atoms. The Morgan fingerprint density at radius 3 is 3.22 bits per heavy atom. The van der Waals surface area contributed by atoms with Gasteiger partial charge in [0.2, 0.25) is 5.91 Å². The predicted octanol–water partition coefficient (Wildman–Crippen LogP) is 0.383. The number of aromatic nitrogens is 2. The van der Waals surface area contributed by atoms with Crippen LogP contribution in [-0.2, 0) is 22.6 Å². The third-order valence-corrected chi connectivity index (χ3v) is 3.22. The predicted molar refractivity (Wildman–Crippen MR) is 68.7 cm³/mol. The van der Waals surface area contributed by atoms with Crippen LogP contribution in [0.15, 0.2) is 6.07 Å². The number of nitrogens with one attached hydrogen (secondary N) is 2. The molecule has 1 aromatic heterocycles. The molecule has 1 atom stereocenters. The van der Waals surface area contributed by atoms with Crippen LogP contribution in [0.5, 0.6) is 0 Å². The Kier molecular flexibility index (Phi) is 4.21. The molecular formula is C11H17ClN4O2.